The lowest BCUT2D eigenvalue weighted by Gasteiger charge is -2.15. The van der Waals surface area contributed by atoms with Crippen molar-refractivity contribution in [1.29, 1.82) is 0 Å². The quantitative estimate of drug-likeness (QED) is 0.876. The first-order chi connectivity index (χ1) is 9.31. The number of hydrogen-bond acceptors (Lipinski definition) is 2. The van der Waals surface area contributed by atoms with Crippen LogP contribution >= 0.6 is 12.4 Å². The van der Waals surface area contributed by atoms with Crippen molar-refractivity contribution >= 4 is 18.3 Å². The number of nitrogens with two attached hydrogens (primary N) is 1. The van der Waals surface area contributed by atoms with Gasteiger partial charge in [0.2, 0.25) is 5.91 Å². The minimum atomic E-state index is -0.137. The topological polar surface area (TPSA) is 55.1 Å². The first-order valence-electron chi connectivity index (χ1n) is 7.44. The van der Waals surface area contributed by atoms with Gasteiger partial charge in [-0.05, 0) is 28.9 Å². The molecule has 2 rings (SSSR count). The van der Waals surface area contributed by atoms with Crippen LogP contribution in [0.25, 0.3) is 0 Å². The molecule has 0 heterocycles. The monoisotopic (exact) mass is 310 g/mol. The molecule has 1 aliphatic carbocycles. The molecule has 0 aromatic heterocycles. The standard InChI is InChI=1S/C17H26N2O.ClH/c1-11(2)12-5-7-13(8-6-12)15(18)10-19-16(20)14-9-17(14,3)4;/h5-8,11,14-15H,9-10,18H2,1-4H3,(H,19,20);1H. The van der Waals surface area contributed by atoms with Gasteiger partial charge in [0.05, 0.1) is 0 Å². The molecular weight excluding hydrogens is 284 g/mol. The molecule has 1 saturated carbocycles. The Morgan fingerprint density at radius 1 is 1.29 bits per heavy atom. The first-order valence-corrected chi connectivity index (χ1v) is 7.44. The molecule has 1 amide bonds. The van der Waals surface area contributed by atoms with Gasteiger partial charge in [-0.15, -0.1) is 12.4 Å². The summed E-state index contributed by atoms with van der Waals surface area (Å²) in [5.41, 5.74) is 8.70. The van der Waals surface area contributed by atoms with Gasteiger partial charge >= 0.3 is 0 Å². The number of halogens is 1. The first kappa shape index (κ1) is 18.0. The summed E-state index contributed by atoms with van der Waals surface area (Å²) in [6, 6.07) is 8.22. The third-order valence-corrected chi connectivity index (χ3v) is 4.36. The van der Waals surface area contributed by atoms with Gasteiger partial charge in [0.1, 0.15) is 0 Å². The van der Waals surface area contributed by atoms with E-state index in [9.17, 15) is 4.79 Å². The molecule has 0 saturated heterocycles. The molecule has 0 bridgehead atoms. The molecule has 1 aromatic carbocycles. The van der Waals surface area contributed by atoms with E-state index in [1.807, 2.05) is 0 Å². The van der Waals surface area contributed by atoms with Gasteiger partial charge in [0, 0.05) is 18.5 Å². The maximum Gasteiger partial charge on any atom is 0.223 e. The van der Waals surface area contributed by atoms with Crippen LogP contribution in [0, 0.1) is 11.3 Å². The fraction of sp³-hybridized carbons (Fsp3) is 0.588. The van der Waals surface area contributed by atoms with E-state index in [2.05, 4.69) is 57.3 Å². The van der Waals surface area contributed by atoms with Crippen molar-refractivity contribution in [3.8, 4) is 0 Å². The molecule has 3 N–H and O–H groups in total. The van der Waals surface area contributed by atoms with Gasteiger partial charge in [-0.3, -0.25) is 4.79 Å². The number of amides is 1. The SMILES string of the molecule is CC(C)c1ccc(C(N)CNC(=O)C2CC2(C)C)cc1.Cl. The average Bonchev–Trinajstić information content (AvgIpc) is 3.05. The summed E-state index contributed by atoms with van der Waals surface area (Å²) in [5, 5.41) is 2.97. The summed E-state index contributed by atoms with van der Waals surface area (Å²) < 4.78 is 0. The summed E-state index contributed by atoms with van der Waals surface area (Å²) in [6.07, 6.45) is 0.983. The van der Waals surface area contributed by atoms with Gasteiger partial charge in [-0.2, -0.15) is 0 Å². The number of carbonyl (C=O) groups is 1. The van der Waals surface area contributed by atoms with E-state index in [4.69, 9.17) is 5.73 Å². The maximum atomic E-state index is 11.9. The van der Waals surface area contributed by atoms with Gasteiger partial charge < -0.3 is 11.1 Å². The van der Waals surface area contributed by atoms with Crippen molar-refractivity contribution in [2.45, 2.75) is 46.1 Å². The Kier molecular flexibility index (Phi) is 5.83. The van der Waals surface area contributed by atoms with E-state index in [-0.39, 0.29) is 35.7 Å². The van der Waals surface area contributed by atoms with Crippen molar-refractivity contribution in [1.82, 2.24) is 5.32 Å². The predicted molar refractivity (Wildman–Crippen MR) is 89.6 cm³/mol. The second-order valence-corrected chi connectivity index (χ2v) is 6.92. The van der Waals surface area contributed by atoms with Crippen LogP contribution in [0.2, 0.25) is 0 Å². The van der Waals surface area contributed by atoms with Crippen LogP contribution in [0.15, 0.2) is 24.3 Å². The third kappa shape index (κ3) is 4.45. The Morgan fingerprint density at radius 3 is 2.19 bits per heavy atom. The van der Waals surface area contributed by atoms with Crippen molar-refractivity contribution in [2.75, 3.05) is 6.54 Å². The van der Waals surface area contributed by atoms with Crippen LogP contribution in [-0.4, -0.2) is 12.5 Å². The molecule has 1 fully saturated rings. The molecule has 21 heavy (non-hydrogen) atoms. The highest BCUT2D eigenvalue weighted by molar-refractivity contribution is 5.85. The zero-order valence-electron chi connectivity index (χ0n) is 13.3. The Morgan fingerprint density at radius 2 is 1.76 bits per heavy atom. The number of nitrogens with one attached hydrogen (secondary N) is 1. The molecule has 3 nitrogen and oxygen atoms in total. The fourth-order valence-electron chi connectivity index (χ4n) is 2.49. The number of carbonyl (C=O) groups excluding carboxylic acids is 1. The predicted octanol–water partition coefficient (Wildman–Crippen LogP) is 3.39. The molecule has 118 valence electrons. The van der Waals surface area contributed by atoms with Crippen LogP contribution in [0.5, 0.6) is 0 Å². The van der Waals surface area contributed by atoms with Crippen LogP contribution in [-0.2, 0) is 4.79 Å². The second-order valence-electron chi connectivity index (χ2n) is 6.92. The van der Waals surface area contributed by atoms with Gasteiger partial charge in [-0.25, -0.2) is 0 Å². The molecule has 0 spiro atoms. The minimum Gasteiger partial charge on any atom is -0.354 e. The smallest absolute Gasteiger partial charge is 0.223 e. The Hall–Kier alpha value is -1.06. The van der Waals surface area contributed by atoms with Gasteiger partial charge in [0.25, 0.3) is 0 Å². The molecule has 1 aliphatic rings. The molecule has 1 aromatic rings. The summed E-state index contributed by atoms with van der Waals surface area (Å²) in [6.45, 7) is 9.11. The lowest BCUT2D eigenvalue weighted by Crippen LogP contribution is -2.33. The van der Waals surface area contributed by atoms with E-state index in [0.717, 1.165) is 12.0 Å². The van der Waals surface area contributed by atoms with Crippen LogP contribution in [0.3, 0.4) is 0 Å². The highest BCUT2D eigenvalue weighted by Crippen LogP contribution is 2.51. The molecule has 2 atom stereocenters. The summed E-state index contributed by atoms with van der Waals surface area (Å²) in [5.74, 6) is 0.833. The fourth-order valence-corrected chi connectivity index (χ4v) is 2.49. The normalized spacial score (nSPS) is 20.6. The Labute approximate surface area is 134 Å². The lowest BCUT2D eigenvalue weighted by molar-refractivity contribution is -0.123. The molecule has 0 aliphatic heterocycles. The Bertz CT molecular complexity index is 482. The maximum absolute atomic E-state index is 11.9. The van der Waals surface area contributed by atoms with E-state index in [1.165, 1.54) is 5.56 Å². The average molecular weight is 311 g/mol. The second kappa shape index (κ2) is 6.80. The molecule has 4 heteroatoms. The third-order valence-electron chi connectivity index (χ3n) is 4.36. The van der Waals surface area contributed by atoms with Gasteiger partial charge in [0.15, 0.2) is 0 Å². The highest BCUT2D eigenvalue weighted by Gasteiger charge is 2.50. The Balaban J connectivity index is 0.00000220. The largest absolute Gasteiger partial charge is 0.354 e. The molecule has 2 unspecified atom stereocenters. The van der Waals surface area contributed by atoms with E-state index in [0.29, 0.717) is 12.5 Å². The van der Waals surface area contributed by atoms with Crippen molar-refractivity contribution < 1.29 is 4.79 Å². The van der Waals surface area contributed by atoms with Crippen LogP contribution < -0.4 is 11.1 Å². The van der Waals surface area contributed by atoms with Crippen molar-refractivity contribution in [3.63, 3.8) is 0 Å². The van der Waals surface area contributed by atoms with E-state index >= 15 is 0 Å². The highest BCUT2D eigenvalue weighted by atomic mass is 35.5. The van der Waals surface area contributed by atoms with Crippen molar-refractivity contribution in [3.05, 3.63) is 35.4 Å². The van der Waals surface area contributed by atoms with Crippen molar-refractivity contribution in [2.24, 2.45) is 17.1 Å². The van der Waals surface area contributed by atoms with Crippen LogP contribution in [0.4, 0.5) is 0 Å². The molecular formula is C17H27ClN2O. The summed E-state index contributed by atoms with van der Waals surface area (Å²) in [4.78, 5) is 11.9. The number of benzene rings is 1. The molecule has 0 radical (unpaired) electrons. The lowest BCUT2D eigenvalue weighted by atomic mass is 9.99. The number of hydrogen-bond donors (Lipinski definition) is 2. The van der Waals surface area contributed by atoms with E-state index < -0.39 is 0 Å². The summed E-state index contributed by atoms with van der Waals surface area (Å²) >= 11 is 0. The zero-order chi connectivity index (χ0) is 14.9. The van der Waals surface area contributed by atoms with E-state index in [1.54, 1.807) is 0 Å². The van der Waals surface area contributed by atoms with Crippen LogP contribution in [0.1, 0.15) is 57.2 Å². The number of rotatable bonds is 5. The van der Waals surface area contributed by atoms with Gasteiger partial charge in [-0.1, -0.05) is 52.0 Å². The summed E-state index contributed by atoms with van der Waals surface area (Å²) in [7, 11) is 0. The minimum absolute atomic E-state index is 0. The zero-order valence-corrected chi connectivity index (χ0v) is 14.2.